The van der Waals surface area contributed by atoms with Gasteiger partial charge < -0.3 is 10.4 Å². The van der Waals surface area contributed by atoms with E-state index in [0.717, 1.165) is 34.6 Å². The second kappa shape index (κ2) is 4.45. The predicted octanol–water partition coefficient (Wildman–Crippen LogP) is 3.63. The minimum atomic E-state index is 0.264. The van der Waals surface area contributed by atoms with Gasteiger partial charge in [0.1, 0.15) is 22.7 Å². The molecule has 0 saturated carbocycles. The Morgan fingerprint density at radius 2 is 1.95 bits per heavy atom. The number of anilines is 2. The number of aromatic hydroxyl groups is 1. The second-order valence-corrected chi connectivity index (χ2v) is 6.02. The summed E-state index contributed by atoms with van der Waals surface area (Å²) in [6, 6.07) is 7.02. The van der Waals surface area contributed by atoms with Crippen molar-refractivity contribution < 1.29 is 5.11 Å². The maximum Gasteiger partial charge on any atom is 0.142 e. The molecule has 0 amide bonds. The highest BCUT2D eigenvalue weighted by atomic mass is 32.1. The van der Waals surface area contributed by atoms with Gasteiger partial charge in [-0.25, -0.2) is 9.97 Å². The van der Waals surface area contributed by atoms with E-state index in [-0.39, 0.29) is 5.75 Å². The van der Waals surface area contributed by atoms with Gasteiger partial charge in [-0.2, -0.15) is 0 Å². The highest BCUT2D eigenvalue weighted by Gasteiger charge is 2.21. The summed E-state index contributed by atoms with van der Waals surface area (Å²) in [6.45, 7) is 0. The Labute approximate surface area is 120 Å². The average Bonchev–Trinajstić information content (AvgIpc) is 3.02. The molecule has 1 aromatic carbocycles. The van der Waals surface area contributed by atoms with E-state index >= 15 is 0 Å². The lowest BCUT2D eigenvalue weighted by Gasteiger charge is -2.07. The zero-order valence-electron chi connectivity index (χ0n) is 10.8. The fourth-order valence-electron chi connectivity index (χ4n) is 2.70. The number of aromatic nitrogens is 2. The van der Waals surface area contributed by atoms with Crippen molar-refractivity contribution in [3.05, 3.63) is 41.0 Å². The number of nitrogens with zero attached hydrogens (tertiary/aromatic N) is 2. The Bertz CT molecular complexity index is 780. The van der Waals surface area contributed by atoms with E-state index < -0.39 is 0 Å². The molecule has 0 fully saturated rings. The monoisotopic (exact) mass is 283 g/mol. The minimum Gasteiger partial charge on any atom is -0.508 e. The Morgan fingerprint density at radius 3 is 2.80 bits per heavy atom. The number of thiophene rings is 1. The molecule has 0 atom stereocenters. The molecule has 5 heteroatoms. The first kappa shape index (κ1) is 11.7. The van der Waals surface area contributed by atoms with Crippen LogP contribution in [0.4, 0.5) is 11.5 Å². The van der Waals surface area contributed by atoms with Crippen LogP contribution in [0.15, 0.2) is 30.6 Å². The third kappa shape index (κ3) is 1.82. The van der Waals surface area contributed by atoms with Crippen LogP contribution in [-0.2, 0) is 12.8 Å². The molecule has 1 aliphatic rings. The molecule has 2 N–H and O–H groups in total. The first-order valence-electron chi connectivity index (χ1n) is 6.62. The van der Waals surface area contributed by atoms with E-state index in [2.05, 4.69) is 15.3 Å². The summed E-state index contributed by atoms with van der Waals surface area (Å²) in [5, 5.41) is 13.8. The van der Waals surface area contributed by atoms with E-state index in [4.69, 9.17) is 0 Å². The van der Waals surface area contributed by atoms with E-state index in [1.807, 2.05) is 12.1 Å². The molecular weight excluding hydrogens is 270 g/mol. The van der Waals surface area contributed by atoms with Crippen LogP contribution in [0.5, 0.6) is 5.75 Å². The molecule has 4 rings (SSSR count). The van der Waals surface area contributed by atoms with Gasteiger partial charge >= 0.3 is 0 Å². The summed E-state index contributed by atoms with van der Waals surface area (Å²) in [6.07, 6.45) is 5.11. The standard InChI is InChI=1S/C15H13N3OS/c19-10-6-4-9(5-7-10)18-14-13-11-2-1-3-12(11)20-15(13)17-8-16-14/h4-8,19H,1-3H2,(H,16,17,18). The summed E-state index contributed by atoms with van der Waals surface area (Å²) in [4.78, 5) is 11.3. The third-order valence-corrected chi connectivity index (χ3v) is 4.83. The maximum absolute atomic E-state index is 9.34. The number of rotatable bonds is 2. The van der Waals surface area contributed by atoms with E-state index in [1.165, 1.54) is 16.9 Å². The molecule has 0 spiro atoms. The third-order valence-electron chi connectivity index (χ3n) is 3.63. The van der Waals surface area contributed by atoms with Gasteiger partial charge in [0.25, 0.3) is 0 Å². The molecule has 2 aromatic heterocycles. The summed E-state index contributed by atoms with van der Waals surface area (Å²) in [5.41, 5.74) is 2.33. The summed E-state index contributed by atoms with van der Waals surface area (Å²) in [5.74, 6) is 1.12. The Hall–Kier alpha value is -2.14. The van der Waals surface area contributed by atoms with E-state index in [1.54, 1.807) is 29.8 Å². The fraction of sp³-hybridized carbons (Fsp3) is 0.200. The van der Waals surface area contributed by atoms with Crippen LogP contribution in [0, 0.1) is 0 Å². The largest absolute Gasteiger partial charge is 0.508 e. The minimum absolute atomic E-state index is 0.264. The number of aryl methyl sites for hydroxylation is 2. The van der Waals surface area contributed by atoms with Crippen LogP contribution in [-0.4, -0.2) is 15.1 Å². The molecule has 0 bridgehead atoms. The van der Waals surface area contributed by atoms with E-state index in [0.29, 0.717) is 0 Å². The number of hydrogen-bond donors (Lipinski definition) is 2. The van der Waals surface area contributed by atoms with Crippen molar-refractivity contribution in [1.29, 1.82) is 0 Å². The molecule has 2 heterocycles. The van der Waals surface area contributed by atoms with Crippen molar-refractivity contribution in [2.45, 2.75) is 19.3 Å². The number of benzene rings is 1. The van der Waals surface area contributed by atoms with Crippen LogP contribution in [0.3, 0.4) is 0 Å². The zero-order chi connectivity index (χ0) is 13.5. The summed E-state index contributed by atoms with van der Waals surface area (Å²) < 4.78 is 0. The molecule has 0 radical (unpaired) electrons. The van der Waals surface area contributed by atoms with Crippen molar-refractivity contribution in [2.24, 2.45) is 0 Å². The smallest absolute Gasteiger partial charge is 0.142 e. The first-order chi connectivity index (χ1) is 9.81. The number of phenolic OH excluding ortho intramolecular Hbond substituents is 1. The molecule has 3 aromatic rings. The van der Waals surface area contributed by atoms with Gasteiger partial charge in [0, 0.05) is 10.6 Å². The summed E-state index contributed by atoms with van der Waals surface area (Å²) >= 11 is 1.78. The van der Waals surface area contributed by atoms with Crippen molar-refractivity contribution >= 4 is 33.1 Å². The van der Waals surface area contributed by atoms with Crippen LogP contribution in [0.25, 0.3) is 10.2 Å². The summed E-state index contributed by atoms with van der Waals surface area (Å²) in [7, 11) is 0. The lowest BCUT2D eigenvalue weighted by Crippen LogP contribution is -1.95. The topological polar surface area (TPSA) is 58.0 Å². The van der Waals surface area contributed by atoms with Gasteiger partial charge in [-0.15, -0.1) is 11.3 Å². The second-order valence-electron chi connectivity index (χ2n) is 4.93. The van der Waals surface area contributed by atoms with Crippen LogP contribution in [0.1, 0.15) is 16.9 Å². The van der Waals surface area contributed by atoms with Crippen LogP contribution >= 0.6 is 11.3 Å². The van der Waals surface area contributed by atoms with Crippen LogP contribution < -0.4 is 5.32 Å². The molecule has 0 saturated heterocycles. The zero-order valence-corrected chi connectivity index (χ0v) is 11.6. The molecule has 20 heavy (non-hydrogen) atoms. The fourth-order valence-corrected chi connectivity index (χ4v) is 3.93. The number of nitrogens with one attached hydrogen (secondary N) is 1. The molecule has 1 aliphatic carbocycles. The molecular formula is C15H13N3OS. The van der Waals surface area contributed by atoms with Crippen molar-refractivity contribution in [3.8, 4) is 5.75 Å². The molecule has 0 aliphatic heterocycles. The Balaban J connectivity index is 1.81. The predicted molar refractivity (Wildman–Crippen MR) is 80.8 cm³/mol. The van der Waals surface area contributed by atoms with Crippen molar-refractivity contribution in [1.82, 2.24) is 9.97 Å². The van der Waals surface area contributed by atoms with Gasteiger partial charge in [0.2, 0.25) is 0 Å². The van der Waals surface area contributed by atoms with E-state index in [9.17, 15) is 5.11 Å². The van der Waals surface area contributed by atoms with Crippen molar-refractivity contribution in [2.75, 3.05) is 5.32 Å². The van der Waals surface area contributed by atoms with Crippen molar-refractivity contribution in [3.63, 3.8) is 0 Å². The number of hydrogen-bond acceptors (Lipinski definition) is 5. The molecule has 4 nitrogen and oxygen atoms in total. The lowest BCUT2D eigenvalue weighted by molar-refractivity contribution is 0.475. The van der Waals surface area contributed by atoms with Crippen LogP contribution in [0.2, 0.25) is 0 Å². The quantitative estimate of drug-likeness (QED) is 0.705. The van der Waals surface area contributed by atoms with Gasteiger partial charge in [0.05, 0.1) is 5.39 Å². The van der Waals surface area contributed by atoms with Gasteiger partial charge in [-0.05, 0) is 49.1 Å². The highest BCUT2D eigenvalue weighted by Crippen LogP contribution is 2.39. The number of fused-ring (bicyclic) bond motifs is 3. The Morgan fingerprint density at radius 1 is 1.10 bits per heavy atom. The average molecular weight is 283 g/mol. The lowest BCUT2D eigenvalue weighted by atomic mass is 10.2. The molecule has 100 valence electrons. The Kier molecular flexibility index (Phi) is 2.60. The normalized spacial score (nSPS) is 13.6. The SMILES string of the molecule is Oc1ccc(Nc2ncnc3sc4c(c23)CCC4)cc1. The number of phenols is 1. The van der Waals surface area contributed by atoms with Gasteiger partial charge in [0.15, 0.2) is 0 Å². The van der Waals surface area contributed by atoms with Gasteiger partial charge in [-0.1, -0.05) is 0 Å². The first-order valence-corrected chi connectivity index (χ1v) is 7.44. The highest BCUT2D eigenvalue weighted by molar-refractivity contribution is 7.19. The molecule has 0 unspecified atom stereocenters. The maximum atomic E-state index is 9.34. The van der Waals surface area contributed by atoms with Gasteiger partial charge in [-0.3, -0.25) is 0 Å².